The highest BCUT2D eigenvalue weighted by atomic mass is 35.5. The van der Waals surface area contributed by atoms with Crippen LogP contribution in [-0.4, -0.2) is 0 Å². The molecule has 0 radical (unpaired) electrons. The van der Waals surface area contributed by atoms with E-state index in [1.54, 1.807) is 11.1 Å². The maximum Gasteiger partial charge on any atom is 0.0796 e. The molecule has 0 aliphatic heterocycles. The molecule has 6 aliphatic carbocycles. The summed E-state index contributed by atoms with van der Waals surface area (Å²) in [6.45, 7) is 0. The third-order valence-corrected chi connectivity index (χ3v) is 9.59. The van der Waals surface area contributed by atoms with E-state index in [1.165, 1.54) is 36.8 Å². The van der Waals surface area contributed by atoms with Gasteiger partial charge in [0, 0.05) is 0 Å². The number of fused-ring (bicyclic) bond motifs is 2. The van der Waals surface area contributed by atoms with Crippen LogP contribution in [0.3, 0.4) is 0 Å². The van der Waals surface area contributed by atoms with E-state index >= 15 is 0 Å². The topological polar surface area (TPSA) is 0 Å². The van der Waals surface area contributed by atoms with Gasteiger partial charge in [-0.25, -0.2) is 0 Å². The Bertz CT molecular complexity index is 874. The van der Waals surface area contributed by atoms with Crippen molar-refractivity contribution in [1.29, 1.82) is 0 Å². The predicted molar refractivity (Wildman–Crippen MR) is 109 cm³/mol. The van der Waals surface area contributed by atoms with E-state index in [4.69, 9.17) is 46.4 Å². The summed E-state index contributed by atoms with van der Waals surface area (Å²) < 4.78 is 0. The molecule has 0 unspecified atom stereocenters. The van der Waals surface area contributed by atoms with Crippen molar-refractivity contribution in [2.45, 2.75) is 49.4 Å². The molecule has 2 aromatic carbocycles. The first kappa shape index (κ1) is 16.5. The van der Waals surface area contributed by atoms with Crippen LogP contribution in [0, 0.1) is 11.8 Å². The highest BCUT2D eigenvalue weighted by molar-refractivity contribution is 6.52. The molecule has 0 spiro atoms. The molecule has 6 atom stereocenters. The van der Waals surface area contributed by atoms with Crippen molar-refractivity contribution in [1.82, 2.24) is 0 Å². The van der Waals surface area contributed by atoms with Gasteiger partial charge < -0.3 is 0 Å². The molecule has 0 N–H and O–H groups in total. The quantitative estimate of drug-likeness (QED) is 0.296. The second kappa shape index (κ2) is 5.57. The fourth-order valence-electron chi connectivity index (χ4n) is 7.10. The van der Waals surface area contributed by atoms with Crippen molar-refractivity contribution in [2.75, 3.05) is 0 Å². The van der Waals surface area contributed by atoms with E-state index in [1.807, 2.05) is 0 Å². The molecule has 0 amide bonds. The van der Waals surface area contributed by atoms with E-state index < -0.39 is 0 Å². The first-order chi connectivity index (χ1) is 12.6. The highest BCUT2D eigenvalue weighted by Gasteiger charge is 2.58. The lowest BCUT2D eigenvalue weighted by Crippen LogP contribution is -2.49. The Morgan fingerprint density at radius 1 is 0.538 bits per heavy atom. The van der Waals surface area contributed by atoms with E-state index in [9.17, 15) is 0 Å². The summed E-state index contributed by atoms with van der Waals surface area (Å²) in [6.07, 6.45) is 4.98. The summed E-state index contributed by atoms with van der Waals surface area (Å²) in [4.78, 5) is 0. The molecule has 2 aromatic rings. The zero-order valence-corrected chi connectivity index (χ0v) is 17.1. The summed E-state index contributed by atoms with van der Waals surface area (Å²) >= 11 is 26.4. The summed E-state index contributed by atoms with van der Waals surface area (Å²) in [5, 5.41) is 2.17. The van der Waals surface area contributed by atoms with Crippen LogP contribution < -0.4 is 0 Å². The van der Waals surface area contributed by atoms with E-state index in [0.29, 0.717) is 55.6 Å². The van der Waals surface area contributed by atoms with Gasteiger partial charge in [-0.2, -0.15) is 0 Å². The smallest absolute Gasteiger partial charge is 0.0796 e. The van der Waals surface area contributed by atoms with Crippen molar-refractivity contribution in [3.8, 4) is 0 Å². The van der Waals surface area contributed by atoms with Crippen LogP contribution in [0.25, 0.3) is 0 Å². The zero-order valence-electron chi connectivity index (χ0n) is 14.1. The molecule has 4 bridgehead atoms. The second-order valence-corrected chi connectivity index (χ2v) is 9.96. The van der Waals surface area contributed by atoms with Gasteiger partial charge in [0.15, 0.2) is 0 Å². The molecule has 0 nitrogen and oxygen atoms in total. The fourth-order valence-corrected chi connectivity index (χ4v) is 8.26. The molecule has 8 rings (SSSR count). The molecule has 0 saturated heterocycles. The van der Waals surface area contributed by atoms with Gasteiger partial charge in [-0.3, -0.25) is 0 Å². The van der Waals surface area contributed by atoms with Gasteiger partial charge in [-0.15, -0.1) is 0 Å². The molecule has 0 heterocycles. The minimum atomic E-state index is 0.433. The number of hydrogen-bond donors (Lipinski definition) is 0. The van der Waals surface area contributed by atoms with Crippen LogP contribution in [0.2, 0.25) is 20.1 Å². The van der Waals surface area contributed by atoms with Gasteiger partial charge in [0.25, 0.3) is 0 Å². The molecule has 2 saturated carbocycles. The van der Waals surface area contributed by atoms with Crippen LogP contribution >= 0.6 is 46.4 Å². The molecule has 26 heavy (non-hydrogen) atoms. The third-order valence-electron chi connectivity index (χ3n) is 7.76. The lowest BCUT2D eigenvalue weighted by atomic mass is 9.43. The summed E-state index contributed by atoms with van der Waals surface area (Å²) in [5.41, 5.74) is 5.60. The van der Waals surface area contributed by atoms with Gasteiger partial charge in [-0.05, 0) is 83.4 Å². The van der Waals surface area contributed by atoms with Gasteiger partial charge in [0.1, 0.15) is 0 Å². The Morgan fingerprint density at radius 2 is 0.923 bits per heavy atom. The number of rotatable bonds is 0. The normalized spacial score (nSPS) is 35.8. The standard InChI is InChI=1S/C22H18Cl4/c23-19-17-13-7-8-14(18(17)20(24)22(26)21(19)25)16-12-6-5-11(15(13)16)9-3-1-2-4-10(9)12/h1-4,11-16H,5-8H2/t11-,12+,13-,14+,15-,16+. The van der Waals surface area contributed by atoms with Crippen LogP contribution in [0.1, 0.15) is 71.6 Å². The first-order valence-corrected chi connectivity index (χ1v) is 11.0. The number of halogens is 4. The fraction of sp³-hybridized carbons (Fsp3) is 0.455. The zero-order chi connectivity index (χ0) is 17.7. The number of benzene rings is 2. The van der Waals surface area contributed by atoms with Crippen molar-refractivity contribution in [3.63, 3.8) is 0 Å². The maximum atomic E-state index is 6.74. The first-order valence-electron chi connectivity index (χ1n) is 9.54. The Balaban J connectivity index is 1.62. The van der Waals surface area contributed by atoms with Crippen LogP contribution in [-0.2, 0) is 0 Å². The summed E-state index contributed by atoms with van der Waals surface area (Å²) in [7, 11) is 0. The molecule has 2 fully saturated rings. The largest absolute Gasteiger partial charge is 0.0823 e. The van der Waals surface area contributed by atoms with Gasteiger partial charge in [0.05, 0.1) is 20.1 Å². The predicted octanol–water partition coefficient (Wildman–Crippen LogP) is 8.18. The Hall–Kier alpha value is -0.400. The summed E-state index contributed by atoms with van der Waals surface area (Å²) in [6, 6.07) is 9.11. The van der Waals surface area contributed by atoms with Gasteiger partial charge in [0.2, 0.25) is 0 Å². The molecule has 4 heteroatoms. The average Bonchev–Trinajstić information content (AvgIpc) is 2.70. The van der Waals surface area contributed by atoms with Crippen molar-refractivity contribution < 1.29 is 0 Å². The van der Waals surface area contributed by atoms with Crippen LogP contribution in [0.5, 0.6) is 0 Å². The minimum absolute atomic E-state index is 0.433. The minimum Gasteiger partial charge on any atom is -0.0823 e. The Morgan fingerprint density at radius 3 is 1.35 bits per heavy atom. The molecular formula is C22H18Cl4. The average molecular weight is 424 g/mol. The lowest BCUT2D eigenvalue weighted by Gasteiger charge is -2.61. The van der Waals surface area contributed by atoms with Crippen molar-refractivity contribution in [3.05, 3.63) is 66.6 Å². The number of hydrogen-bond acceptors (Lipinski definition) is 0. The Labute approximate surface area is 173 Å². The van der Waals surface area contributed by atoms with E-state index in [0.717, 1.165) is 0 Å². The SMILES string of the molecule is Clc1c(Cl)c(Cl)c2c(c1Cl)[C@H]1CC[C@@H]2[C@@H]2[C@H]1[C@H]1CC[C@@H]2c2ccccc21. The molecule has 0 aromatic heterocycles. The highest BCUT2D eigenvalue weighted by Crippen LogP contribution is 2.71. The van der Waals surface area contributed by atoms with Crippen molar-refractivity contribution >= 4 is 46.4 Å². The molecule has 6 aliphatic rings. The van der Waals surface area contributed by atoms with E-state index in [2.05, 4.69) is 24.3 Å². The van der Waals surface area contributed by atoms with Crippen LogP contribution in [0.4, 0.5) is 0 Å². The summed E-state index contributed by atoms with van der Waals surface area (Å²) in [5.74, 6) is 3.54. The second-order valence-electron chi connectivity index (χ2n) is 8.45. The lowest BCUT2D eigenvalue weighted by molar-refractivity contribution is 0.0460. The Kier molecular flexibility index (Phi) is 3.54. The monoisotopic (exact) mass is 422 g/mol. The third kappa shape index (κ3) is 1.86. The molecular weight excluding hydrogens is 406 g/mol. The van der Waals surface area contributed by atoms with Gasteiger partial charge in [-0.1, -0.05) is 70.7 Å². The van der Waals surface area contributed by atoms with Gasteiger partial charge >= 0.3 is 0 Å². The van der Waals surface area contributed by atoms with Crippen molar-refractivity contribution in [2.24, 2.45) is 11.8 Å². The maximum absolute atomic E-state index is 6.74. The van der Waals surface area contributed by atoms with E-state index in [-0.39, 0.29) is 0 Å². The van der Waals surface area contributed by atoms with Crippen LogP contribution in [0.15, 0.2) is 24.3 Å². The molecule has 134 valence electrons.